The second-order valence-electron chi connectivity index (χ2n) is 11.9. The summed E-state index contributed by atoms with van der Waals surface area (Å²) in [6.45, 7) is 4.02. The van der Waals surface area contributed by atoms with Crippen molar-refractivity contribution in [2.45, 2.75) is 90.2 Å². The smallest absolute Gasteiger partial charge is 0.242 e. The number of hydrogen-bond acceptors (Lipinski definition) is 4. The van der Waals surface area contributed by atoms with E-state index in [0.29, 0.717) is 32.0 Å². The maximum Gasteiger partial charge on any atom is 0.242 e. The third-order valence-corrected chi connectivity index (χ3v) is 8.60. The standard InChI is InChI=1S/C36H49N3O3/c1-2-3-4-5-6-9-22-38-36(41)34(39-35(40)31-18-12-28(25-37)13-19-31)24-27-15-20-33(21-16-27)42-26-29-14-17-30-10-7-8-11-32(30)23-29/h7-8,10-11,14-17,20-21,23,28,31,34H,2-6,9,12-13,18-19,22,24-26,37H2,1H3,(H,38,41)(H,39,40)/t28?,31?,34-/m0/s1. The van der Waals surface area contributed by atoms with Crippen LogP contribution in [0.5, 0.6) is 5.75 Å². The lowest BCUT2D eigenvalue weighted by atomic mass is 9.81. The molecular weight excluding hydrogens is 522 g/mol. The Morgan fingerprint density at radius 3 is 2.29 bits per heavy atom. The van der Waals surface area contributed by atoms with E-state index in [-0.39, 0.29) is 17.7 Å². The number of carbonyl (C=O) groups is 2. The Kier molecular flexibility index (Phi) is 12.7. The zero-order valence-corrected chi connectivity index (χ0v) is 25.3. The fraction of sp³-hybridized carbons (Fsp3) is 0.500. The lowest BCUT2D eigenvalue weighted by molar-refractivity contribution is -0.131. The minimum absolute atomic E-state index is 0.0134. The van der Waals surface area contributed by atoms with E-state index in [1.54, 1.807) is 0 Å². The first-order valence-corrected chi connectivity index (χ1v) is 16.0. The van der Waals surface area contributed by atoms with Gasteiger partial charge in [-0.2, -0.15) is 0 Å². The number of fused-ring (bicyclic) bond motifs is 1. The van der Waals surface area contributed by atoms with Crippen molar-refractivity contribution < 1.29 is 14.3 Å². The Morgan fingerprint density at radius 1 is 0.857 bits per heavy atom. The van der Waals surface area contributed by atoms with Gasteiger partial charge in [0.1, 0.15) is 18.4 Å². The van der Waals surface area contributed by atoms with Gasteiger partial charge in [-0.1, -0.05) is 87.6 Å². The molecule has 1 aliphatic rings. The molecule has 4 rings (SSSR count). The largest absolute Gasteiger partial charge is 0.489 e. The summed E-state index contributed by atoms with van der Waals surface area (Å²) in [4.78, 5) is 26.4. The molecule has 42 heavy (non-hydrogen) atoms. The number of carbonyl (C=O) groups excluding carboxylic acids is 2. The Balaban J connectivity index is 1.32. The lowest BCUT2D eigenvalue weighted by Gasteiger charge is -2.28. The van der Waals surface area contributed by atoms with Crippen molar-refractivity contribution in [1.29, 1.82) is 0 Å². The molecule has 0 aromatic heterocycles. The summed E-state index contributed by atoms with van der Waals surface area (Å²) in [5.41, 5.74) is 7.94. The fourth-order valence-electron chi connectivity index (χ4n) is 5.85. The second kappa shape index (κ2) is 16.9. The van der Waals surface area contributed by atoms with Gasteiger partial charge in [-0.25, -0.2) is 0 Å². The molecule has 6 nitrogen and oxygen atoms in total. The molecule has 1 fully saturated rings. The minimum Gasteiger partial charge on any atom is -0.489 e. The topological polar surface area (TPSA) is 93.5 Å². The van der Waals surface area contributed by atoms with Gasteiger partial charge in [0.25, 0.3) is 0 Å². The molecule has 2 amide bonds. The molecule has 1 aliphatic carbocycles. The molecule has 0 unspecified atom stereocenters. The van der Waals surface area contributed by atoms with Crippen LogP contribution in [0.25, 0.3) is 10.8 Å². The Bertz CT molecular complexity index is 1250. The fourth-order valence-corrected chi connectivity index (χ4v) is 5.85. The second-order valence-corrected chi connectivity index (χ2v) is 11.9. The first-order valence-electron chi connectivity index (χ1n) is 16.0. The summed E-state index contributed by atoms with van der Waals surface area (Å²) in [5.74, 6) is 1.11. The van der Waals surface area contributed by atoms with Gasteiger partial charge in [0.15, 0.2) is 0 Å². The summed E-state index contributed by atoms with van der Waals surface area (Å²) in [6.07, 6.45) is 11.1. The molecule has 0 saturated heterocycles. The maximum absolute atomic E-state index is 13.3. The van der Waals surface area contributed by atoms with Gasteiger partial charge in [0.05, 0.1) is 0 Å². The van der Waals surface area contributed by atoms with Crippen LogP contribution >= 0.6 is 0 Å². The number of amides is 2. The van der Waals surface area contributed by atoms with E-state index in [0.717, 1.165) is 55.4 Å². The predicted molar refractivity (Wildman–Crippen MR) is 171 cm³/mol. The number of nitrogens with two attached hydrogens (primary N) is 1. The highest BCUT2D eigenvalue weighted by Gasteiger charge is 2.29. The van der Waals surface area contributed by atoms with Crippen molar-refractivity contribution in [3.05, 3.63) is 77.9 Å². The monoisotopic (exact) mass is 571 g/mol. The number of ether oxygens (including phenoxy) is 1. The van der Waals surface area contributed by atoms with E-state index in [9.17, 15) is 9.59 Å². The van der Waals surface area contributed by atoms with Crippen molar-refractivity contribution in [3.63, 3.8) is 0 Å². The summed E-state index contributed by atoms with van der Waals surface area (Å²) < 4.78 is 6.05. The molecule has 1 atom stereocenters. The van der Waals surface area contributed by atoms with E-state index in [1.165, 1.54) is 36.5 Å². The zero-order chi connectivity index (χ0) is 29.6. The van der Waals surface area contributed by atoms with Crippen LogP contribution < -0.4 is 21.1 Å². The average molecular weight is 572 g/mol. The molecule has 0 bridgehead atoms. The van der Waals surface area contributed by atoms with Crippen LogP contribution in [0.15, 0.2) is 66.7 Å². The van der Waals surface area contributed by atoms with Crippen molar-refractivity contribution in [2.75, 3.05) is 13.1 Å². The molecule has 4 N–H and O–H groups in total. The van der Waals surface area contributed by atoms with E-state index in [1.807, 2.05) is 36.4 Å². The zero-order valence-electron chi connectivity index (χ0n) is 25.3. The molecule has 1 saturated carbocycles. The van der Waals surface area contributed by atoms with Crippen LogP contribution in [0, 0.1) is 11.8 Å². The highest BCUT2D eigenvalue weighted by molar-refractivity contribution is 5.88. The van der Waals surface area contributed by atoms with Crippen LogP contribution in [0.1, 0.15) is 82.3 Å². The summed E-state index contributed by atoms with van der Waals surface area (Å²) >= 11 is 0. The van der Waals surface area contributed by atoms with Gasteiger partial charge in [-0.15, -0.1) is 0 Å². The molecular formula is C36H49N3O3. The molecule has 0 aliphatic heterocycles. The summed E-state index contributed by atoms with van der Waals surface area (Å²) in [6, 6.07) is 21.9. The van der Waals surface area contributed by atoms with Crippen LogP contribution in [0.3, 0.4) is 0 Å². The number of nitrogens with one attached hydrogen (secondary N) is 2. The van der Waals surface area contributed by atoms with E-state index >= 15 is 0 Å². The molecule has 0 heterocycles. The Morgan fingerprint density at radius 2 is 1.55 bits per heavy atom. The van der Waals surface area contributed by atoms with Crippen molar-refractivity contribution in [3.8, 4) is 5.75 Å². The van der Waals surface area contributed by atoms with Crippen LogP contribution in [-0.4, -0.2) is 30.9 Å². The minimum atomic E-state index is -0.603. The Hall–Kier alpha value is -3.38. The van der Waals surface area contributed by atoms with E-state index in [4.69, 9.17) is 10.5 Å². The highest BCUT2D eigenvalue weighted by Crippen LogP contribution is 2.28. The van der Waals surface area contributed by atoms with Crippen LogP contribution in [-0.2, 0) is 22.6 Å². The first kappa shape index (κ1) is 31.6. The van der Waals surface area contributed by atoms with Gasteiger partial charge in [-0.3, -0.25) is 9.59 Å². The lowest BCUT2D eigenvalue weighted by Crippen LogP contribution is -2.50. The molecule has 0 radical (unpaired) electrons. The quantitative estimate of drug-likeness (QED) is 0.167. The van der Waals surface area contributed by atoms with Crippen LogP contribution in [0.4, 0.5) is 0 Å². The van der Waals surface area contributed by atoms with Gasteiger partial charge in [0.2, 0.25) is 11.8 Å². The molecule has 3 aromatic carbocycles. The number of rotatable bonds is 16. The third kappa shape index (κ3) is 9.87. The van der Waals surface area contributed by atoms with Gasteiger partial charge < -0.3 is 21.1 Å². The van der Waals surface area contributed by atoms with Gasteiger partial charge >= 0.3 is 0 Å². The summed E-state index contributed by atoms with van der Waals surface area (Å²) in [7, 11) is 0. The van der Waals surface area contributed by atoms with Gasteiger partial charge in [-0.05, 0) is 84.7 Å². The first-order chi connectivity index (χ1) is 20.6. The van der Waals surface area contributed by atoms with Crippen molar-refractivity contribution in [1.82, 2.24) is 10.6 Å². The van der Waals surface area contributed by atoms with Crippen LogP contribution in [0.2, 0.25) is 0 Å². The van der Waals surface area contributed by atoms with E-state index < -0.39 is 6.04 Å². The third-order valence-electron chi connectivity index (χ3n) is 8.60. The maximum atomic E-state index is 13.3. The molecule has 3 aromatic rings. The highest BCUT2D eigenvalue weighted by atomic mass is 16.5. The van der Waals surface area contributed by atoms with E-state index in [2.05, 4.69) is 47.9 Å². The predicted octanol–water partition coefficient (Wildman–Crippen LogP) is 6.69. The molecule has 6 heteroatoms. The SMILES string of the molecule is CCCCCCCCNC(=O)[C@H](Cc1ccc(OCc2ccc3ccccc3c2)cc1)NC(=O)C1CCC(CN)CC1. The van der Waals surface area contributed by atoms with Crippen molar-refractivity contribution in [2.24, 2.45) is 17.6 Å². The Labute approximate surface area is 251 Å². The average Bonchev–Trinajstić information content (AvgIpc) is 3.03. The molecule has 226 valence electrons. The number of benzene rings is 3. The number of unbranched alkanes of at least 4 members (excludes halogenated alkanes) is 5. The normalized spacial score (nSPS) is 17.5. The summed E-state index contributed by atoms with van der Waals surface area (Å²) in [5, 5.41) is 8.60. The van der Waals surface area contributed by atoms with Crippen molar-refractivity contribution >= 4 is 22.6 Å². The van der Waals surface area contributed by atoms with Gasteiger partial charge in [0, 0.05) is 18.9 Å². The molecule has 0 spiro atoms. The number of hydrogen-bond donors (Lipinski definition) is 3.